The van der Waals surface area contributed by atoms with Crippen LogP contribution in [0.25, 0.3) is 0 Å². The molecule has 0 fully saturated rings. The topological polar surface area (TPSA) is 93.0 Å². The monoisotopic (exact) mass is 335 g/mol. The van der Waals surface area contributed by atoms with Crippen molar-refractivity contribution in [3.63, 3.8) is 0 Å². The average molecular weight is 336 g/mol. The first-order valence-electron chi connectivity index (χ1n) is 7.29. The second-order valence-electron chi connectivity index (χ2n) is 5.04. The number of aromatic nitrogens is 2. The van der Waals surface area contributed by atoms with Crippen LogP contribution in [-0.4, -0.2) is 21.4 Å². The van der Waals surface area contributed by atoms with Crippen molar-refractivity contribution in [1.29, 1.82) is 0 Å². The van der Waals surface area contributed by atoms with Crippen LogP contribution in [0.5, 0.6) is 0 Å². The maximum atomic E-state index is 11.4. The van der Waals surface area contributed by atoms with Gasteiger partial charge < -0.3 is 10.6 Å². The van der Waals surface area contributed by atoms with Gasteiger partial charge in [0.2, 0.25) is 11.6 Å². The van der Waals surface area contributed by atoms with Crippen molar-refractivity contribution in [3.05, 3.63) is 45.2 Å². The zero-order valence-corrected chi connectivity index (χ0v) is 13.7. The molecule has 2 rings (SSSR count). The Bertz CT molecular complexity index is 708. The van der Waals surface area contributed by atoms with E-state index in [0.29, 0.717) is 17.3 Å². The Labute approximate surface area is 139 Å². The smallest absolute Gasteiger partial charge is 0.353 e. The summed E-state index contributed by atoms with van der Waals surface area (Å²) in [4.78, 5) is 18.9. The first-order valence-corrected chi connectivity index (χ1v) is 7.67. The van der Waals surface area contributed by atoms with E-state index in [-0.39, 0.29) is 17.3 Å². The van der Waals surface area contributed by atoms with E-state index in [9.17, 15) is 10.1 Å². The Balaban J connectivity index is 2.35. The van der Waals surface area contributed by atoms with Crippen LogP contribution in [0.3, 0.4) is 0 Å². The van der Waals surface area contributed by atoms with Gasteiger partial charge in [-0.15, -0.1) is 0 Å². The van der Waals surface area contributed by atoms with Gasteiger partial charge in [0.1, 0.15) is 6.33 Å². The first kappa shape index (κ1) is 17.0. The van der Waals surface area contributed by atoms with Gasteiger partial charge in [-0.3, -0.25) is 10.1 Å². The van der Waals surface area contributed by atoms with Crippen molar-refractivity contribution in [1.82, 2.24) is 9.97 Å². The van der Waals surface area contributed by atoms with Crippen LogP contribution >= 0.6 is 11.6 Å². The predicted molar refractivity (Wildman–Crippen MR) is 91.6 cm³/mol. The minimum atomic E-state index is -0.490. The summed E-state index contributed by atoms with van der Waals surface area (Å²) in [7, 11) is 0. The molecule has 0 spiro atoms. The maximum Gasteiger partial charge on any atom is 0.353 e. The highest BCUT2D eigenvalue weighted by atomic mass is 35.5. The Hall–Kier alpha value is -2.41. The summed E-state index contributed by atoms with van der Waals surface area (Å²) < 4.78 is 0. The van der Waals surface area contributed by atoms with Gasteiger partial charge in [0.25, 0.3) is 0 Å². The number of anilines is 3. The summed E-state index contributed by atoms with van der Waals surface area (Å²) >= 11 is 5.98. The van der Waals surface area contributed by atoms with Gasteiger partial charge in [-0.05, 0) is 31.0 Å². The minimum absolute atomic E-state index is 0.134. The zero-order chi connectivity index (χ0) is 16.8. The summed E-state index contributed by atoms with van der Waals surface area (Å²) in [5.74, 6) is 0.343. The van der Waals surface area contributed by atoms with Crippen molar-refractivity contribution in [2.75, 3.05) is 17.2 Å². The van der Waals surface area contributed by atoms with Crippen molar-refractivity contribution in [3.8, 4) is 0 Å². The van der Waals surface area contributed by atoms with E-state index in [2.05, 4.69) is 20.6 Å². The quantitative estimate of drug-likeness (QED) is 0.445. The Morgan fingerprint density at radius 1 is 1.30 bits per heavy atom. The number of unbranched alkanes of at least 4 members (excludes halogenated alkanes) is 1. The first-order chi connectivity index (χ1) is 11.0. The molecule has 0 bridgehead atoms. The molecule has 0 unspecified atom stereocenters. The van der Waals surface area contributed by atoms with E-state index in [1.807, 2.05) is 19.9 Å². The molecule has 0 radical (unpaired) electrons. The SMILES string of the molecule is CCCCNc1ncnc(Nc2cc(Cl)ccc2C)c1[N+](=O)[O-]. The maximum absolute atomic E-state index is 11.4. The van der Waals surface area contributed by atoms with Gasteiger partial charge in [-0.25, -0.2) is 9.97 Å². The van der Waals surface area contributed by atoms with Crippen LogP contribution in [0, 0.1) is 17.0 Å². The summed E-state index contributed by atoms with van der Waals surface area (Å²) in [5.41, 5.74) is 1.39. The van der Waals surface area contributed by atoms with E-state index in [1.165, 1.54) is 6.33 Å². The molecule has 8 heteroatoms. The van der Waals surface area contributed by atoms with Gasteiger partial charge in [-0.2, -0.15) is 0 Å². The standard InChI is InChI=1S/C15H18ClN5O2/c1-3-4-7-17-14-13(21(22)23)15(19-9-18-14)20-12-8-11(16)6-5-10(12)2/h5-6,8-9H,3-4,7H2,1-2H3,(H2,17,18,19,20). The molecule has 122 valence electrons. The van der Waals surface area contributed by atoms with Crippen molar-refractivity contribution in [2.24, 2.45) is 0 Å². The van der Waals surface area contributed by atoms with Crippen LogP contribution in [0.15, 0.2) is 24.5 Å². The average Bonchev–Trinajstić information content (AvgIpc) is 2.51. The van der Waals surface area contributed by atoms with E-state index in [4.69, 9.17) is 11.6 Å². The predicted octanol–water partition coefficient (Wildman–Crippen LogP) is 4.30. The molecule has 1 aromatic carbocycles. The van der Waals surface area contributed by atoms with E-state index >= 15 is 0 Å². The fourth-order valence-electron chi connectivity index (χ4n) is 2.01. The van der Waals surface area contributed by atoms with Crippen molar-refractivity contribution < 1.29 is 4.92 Å². The number of aryl methyl sites for hydroxylation is 1. The third kappa shape index (κ3) is 4.29. The molecule has 0 saturated carbocycles. The highest BCUT2D eigenvalue weighted by Gasteiger charge is 2.23. The minimum Gasteiger partial charge on any atom is -0.364 e. The lowest BCUT2D eigenvalue weighted by atomic mass is 10.2. The van der Waals surface area contributed by atoms with E-state index < -0.39 is 4.92 Å². The molecule has 0 atom stereocenters. The lowest BCUT2D eigenvalue weighted by Crippen LogP contribution is -2.09. The number of nitrogens with one attached hydrogen (secondary N) is 2. The summed E-state index contributed by atoms with van der Waals surface area (Å²) in [6, 6.07) is 5.29. The number of benzene rings is 1. The molecule has 23 heavy (non-hydrogen) atoms. The van der Waals surface area contributed by atoms with Crippen LogP contribution in [0.4, 0.5) is 23.0 Å². The molecular formula is C15H18ClN5O2. The molecule has 7 nitrogen and oxygen atoms in total. The van der Waals surface area contributed by atoms with Crippen molar-refractivity contribution >= 4 is 34.6 Å². The number of rotatable bonds is 7. The van der Waals surface area contributed by atoms with Crippen molar-refractivity contribution in [2.45, 2.75) is 26.7 Å². The van der Waals surface area contributed by atoms with Crippen LogP contribution < -0.4 is 10.6 Å². The van der Waals surface area contributed by atoms with E-state index in [0.717, 1.165) is 18.4 Å². The van der Waals surface area contributed by atoms with Crippen LogP contribution in [-0.2, 0) is 0 Å². The highest BCUT2D eigenvalue weighted by Crippen LogP contribution is 2.32. The third-order valence-electron chi connectivity index (χ3n) is 3.28. The second kappa shape index (κ2) is 7.73. The Kier molecular flexibility index (Phi) is 5.70. The largest absolute Gasteiger partial charge is 0.364 e. The number of nitro groups is 1. The number of nitrogens with zero attached hydrogens (tertiary/aromatic N) is 3. The van der Waals surface area contributed by atoms with Crippen LogP contribution in [0.2, 0.25) is 5.02 Å². The van der Waals surface area contributed by atoms with Crippen LogP contribution in [0.1, 0.15) is 25.3 Å². The van der Waals surface area contributed by atoms with Gasteiger partial charge >= 0.3 is 5.69 Å². The fraction of sp³-hybridized carbons (Fsp3) is 0.333. The fourth-order valence-corrected chi connectivity index (χ4v) is 2.18. The molecule has 0 aliphatic heterocycles. The molecule has 1 heterocycles. The normalized spacial score (nSPS) is 10.4. The summed E-state index contributed by atoms with van der Waals surface area (Å²) in [6.07, 6.45) is 3.18. The second-order valence-corrected chi connectivity index (χ2v) is 5.48. The molecule has 0 saturated heterocycles. The number of hydrogen-bond acceptors (Lipinski definition) is 6. The number of hydrogen-bond donors (Lipinski definition) is 2. The summed E-state index contributed by atoms with van der Waals surface area (Å²) in [5, 5.41) is 17.9. The highest BCUT2D eigenvalue weighted by molar-refractivity contribution is 6.30. The summed E-state index contributed by atoms with van der Waals surface area (Å²) in [6.45, 7) is 4.54. The van der Waals surface area contributed by atoms with Gasteiger partial charge in [-0.1, -0.05) is 31.0 Å². The van der Waals surface area contributed by atoms with Gasteiger partial charge in [0.15, 0.2) is 0 Å². The Morgan fingerprint density at radius 3 is 2.74 bits per heavy atom. The third-order valence-corrected chi connectivity index (χ3v) is 3.52. The van der Waals surface area contributed by atoms with E-state index in [1.54, 1.807) is 12.1 Å². The molecule has 0 aliphatic carbocycles. The molecule has 1 aromatic heterocycles. The molecule has 0 aliphatic rings. The molecule has 0 amide bonds. The lowest BCUT2D eigenvalue weighted by molar-refractivity contribution is -0.383. The zero-order valence-electron chi connectivity index (χ0n) is 13.0. The lowest BCUT2D eigenvalue weighted by Gasteiger charge is -2.11. The Morgan fingerprint density at radius 2 is 2.04 bits per heavy atom. The van der Waals surface area contributed by atoms with Gasteiger partial charge in [0, 0.05) is 17.3 Å². The van der Waals surface area contributed by atoms with Gasteiger partial charge in [0.05, 0.1) is 4.92 Å². The number of halogens is 1. The molecule has 2 N–H and O–H groups in total. The molecule has 2 aromatic rings. The molecular weight excluding hydrogens is 318 g/mol.